The first-order valence-corrected chi connectivity index (χ1v) is 6.37. The van der Waals surface area contributed by atoms with Crippen LogP contribution in [0.15, 0.2) is 28.1 Å². The molecule has 0 bridgehead atoms. The molecule has 2 heterocycles. The van der Waals surface area contributed by atoms with Crippen LogP contribution in [0, 0.1) is 0 Å². The smallest absolute Gasteiger partial charge is 0.291 e. The van der Waals surface area contributed by atoms with E-state index >= 15 is 0 Å². The predicted molar refractivity (Wildman–Crippen MR) is 62.4 cm³/mol. The molecular formula is C9H10N3OS2+. The summed E-state index contributed by atoms with van der Waals surface area (Å²) < 4.78 is 3.73. The number of aromatic amines is 1. The molecule has 0 fully saturated rings. The standard InChI is InChI=1S/C9H9N3OS2/c1-3-4-12-7-6(15-9(12)14-2)8(13)11-5-10-7/h3,5H,1,4H2,2H3/p+1. The number of nitrogens with zero attached hydrogens (tertiary/aromatic N) is 2. The van der Waals surface area contributed by atoms with Gasteiger partial charge in [-0.15, -0.1) is 0 Å². The Balaban J connectivity index is 2.79. The van der Waals surface area contributed by atoms with Crippen molar-refractivity contribution >= 4 is 33.4 Å². The zero-order valence-electron chi connectivity index (χ0n) is 8.19. The first-order chi connectivity index (χ1) is 7.27. The lowest BCUT2D eigenvalue weighted by Crippen LogP contribution is -2.34. The first kappa shape index (κ1) is 10.4. The molecule has 0 aliphatic rings. The van der Waals surface area contributed by atoms with Crippen molar-refractivity contribution < 1.29 is 4.57 Å². The van der Waals surface area contributed by atoms with Crippen LogP contribution in [0.2, 0.25) is 0 Å². The molecule has 2 aromatic heterocycles. The second-order valence-corrected chi connectivity index (χ2v) is 4.91. The summed E-state index contributed by atoms with van der Waals surface area (Å²) in [6.45, 7) is 4.37. The molecule has 0 aliphatic heterocycles. The normalized spacial score (nSPS) is 10.7. The second kappa shape index (κ2) is 4.16. The van der Waals surface area contributed by atoms with Gasteiger partial charge >= 0.3 is 5.65 Å². The van der Waals surface area contributed by atoms with Gasteiger partial charge in [-0.05, 0) is 11.2 Å². The number of allylic oxidation sites excluding steroid dienone is 1. The monoisotopic (exact) mass is 240 g/mol. The predicted octanol–water partition coefficient (Wildman–Crippen LogP) is 1.18. The average Bonchev–Trinajstić information content (AvgIpc) is 2.59. The van der Waals surface area contributed by atoms with Gasteiger partial charge in [-0.3, -0.25) is 9.78 Å². The van der Waals surface area contributed by atoms with E-state index in [0.29, 0.717) is 11.2 Å². The van der Waals surface area contributed by atoms with Gasteiger partial charge in [-0.2, -0.15) is 0 Å². The molecule has 6 heteroatoms. The van der Waals surface area contributed by atoms with Crippen LogP contribution in [0.3, 0.4) is 0 Å². The Morgan fingerprint density at radius 1 is 1.80 bits per heavy atom. The lowest BCUT2D eigenvalue weighted by molar-refractivity contribution is -0.693. The van der Waals surface area contributed by atoms with Crippen molar-refractivity contribution in [2.75, 3.05) is 6.26 Å². The number of nitrogens with one attached hydrogen (secondary N) is 1. The molecule has 0 saturated carbocycles. The van der Waals surface area contributed by atoms with Gasteiger partial charge in [0.1, 0.15) is 6.54 Å². The first-order valence-electron chi connectivity index (χ1n) is 4.33. The highest BCUT2D eigenvalue weighted by Gasteiger charge is 2.20. The molecule has 0 unspecified atom stereocenters. The van der Waals surface area contributed by atoms with Gasteiger partial charge in [-0.1, -0.05) is 35.8 Å². The minimum atomic E-state index is -0.0805. The summed E-state index contributed by atoms with van der Waals surface area (Å²) in [5, 5.41) is 0. The van der Waals surface area contributed by atoms with Crippen molar-refractivity contribution in [3.63, 3.8) is 0 Å². The van der Waals surface area contributed by atoms with E-state index in [9.17, 15) is 4.79 Å². The fourth-order valence-corrected chi connectivity index (χ4v) is 3.15. The molecule has 0 saturated heterocycles. The van der Waals surface area contributed by atoms with E-state index in [-0.39, 0.29) is 5.56 Å². The lowest BCUT2D eigenvalue weighted by atomic mass is 10.5. The average molecular weight is 240 g/mol. The summed E-state index contributed by atoms with van der Waals surface area (Å²) >= 11 is 3.07. The number of thiazole rings is 1. The molecular weight excluding hydrogens is 230 g/mol. The van der Waals surface area contributed by atoms with Gasteiger partial charge in [0.25, 0.3) is 5.56 Å². The molecule has 2 aromatic rings. The van der Waals surface area contributed by atoms with Gasteiger partial charge in [0.15, 0.2) is 4.70 Å². The summed E-state index contributed by atoms with van der Waals surface area (Å²) in [6.07, 6.45) is 5.22. The zero-order valence-corrected chi connectivity index (χ0v) is 9.82. The molecule has 0 amide bonds. The fourth-order valence-electron chi connectivity index (χ4n) is 1.33. The maximum atomic E-state index is 11.5. The van der Waals surface area contributed by atoms with Gasteiger partial charge in [0.05, 0.1) is 0 Å². The van der Waals surface area contributed by atoms with Crippen molar-refractivity contribution in [2.45, 2.75) is 10.9 Å². The van der Waals surface area contributed by atoms with E-state index in [1.165, 1.54) is 17.7 Å². The Labute approximate surface area is 94.7 Å². The Hall–Kier alpha value is -1.14. The highest BCUT2D eigenvalue weighted by molar-refractivity contribution is 8.00. The number of fused-ring (bicyclic) bond motifs is 1. The summed E-state index contributed by atoms with van der Waals surface area (Å²) in [6, 6.07) is 0. The number of H-pyrrole nitrogens is 1. The summed E-state index contributed by atoms with van der Waals surface area (Å²) in [5.74, 6) is 0. The van der Waals surface area contributed by atoms with Crippen LogP contribution in [-0.4, -0.2) is 16.2 Å². The summed E-state index contributed by atoms with van der Waals surface area (Å²) in [7, 11) is 0. The minimum Gasteiger partial charge on any atom is -0.291 e. The van der Waals surface area contributed by atoms with E-state index < -0.39 is 0 Å². The van der Waals surface area contributed by atoms with Crippen LogP contribution < -0.4 is 10.1 Å². The molecule has 0 aromatic carbocycles. The van der Waals surface area contributed by atoms with E-state index in [0.717, 1.165) is 9.99 Å². The van der Waals surface area contributed by atoms with Crippen LogP contribution in [-0.2, 0) is 6.54 Å². The van der Waals surface area contributed by atoms with Crippen LogP contribution >= 0.6 is 23.1 Å². The molecule has 0 atom stereocenters. The van der Waals surface area contributed by atoms with E-state index in [4.69, 9.17) is 0 Å². The molecule has 15 heavy (non-hydrogen) atoms. The number of aromatic nitrogens is 3. The topological polar surface area (TPSA) is 49.6 Å². The van der Waals surface area contributed by atoms with Gasteiger partial charge in [0.2, 0.25) is 10.7 Å². The third kappa shape index (κ3) is 1.70. The molecule has 2 rings (SSSR count). The van der Waals surface area contributed by atoms with E-state index in [2.05, 4.69) is 16.5 Å². The molecule has 78 valence electrons. The highest BCUT2D eigenvalue weighted by atomic mass is 32.2. The number of hydrogen-bond donors (Lipinski definition) is 1. The second-order valence-electron chi connectivity index (χ2n) is 2.86. The van der Waals surface area contributed by atoms with Crippen LogP contribution in [0.4, 0.5) is 0 Å². The van der Waals surface area contributed by atoms with Gasteiger partial charge < -0.3 is 0 Å². The van der Waals surface area contributed by atoms with Crippen LogP contribution in [0.5, 0.6) is 0 Å². The summed E-state index contributed by atoms with van der Waals surface area (Å²) in [4.78, 5) is 18.3. The number of hydrogen-bond acceptors (Lipinski definition) is 4. The maximum absolute atomic E-state index is 11.5. The molecule has 0 aliphatic carbocycles. The Morgan fingerprint density at radius 2 is 2.60 bits per heavy atom. The molecule has 0 spiro atoms. The van der Waals surface area contributed by atoms with Gasteiger partial charge in [0, 0.05) is 0 Å². The fraction of sp³-hybridized carbons (Fsp3) is 0.222. The van der Waals surface area contributed by atoms with Crippen LogP contribution in [0.1, 0.15) is 0 Å². The van der Waals surface area contributed by atoms with Gasteiger partial charge in [-0.25, -0.2) is 4.57 Å². The van der Waals surface area contributed by atoms with Crippen molar-refractivity contribution in [1.29, 1.82) is 0 Å². The Morgan fingerprint density at radius 3 is 3.27 bits per heavy atom. The van der Waals surface area contributed by atoms with Crippen molar-refractivity contribution in [3.05, 3.63) is 29.3 Å². The quantitative estimate of drug-likeness (QED) is 0.498. The number of thioether (sulfide) groups is 1. The minimum absolute atomic E-state index is 0.0805. The van der Waals surface area contributed by atoms with E-state index in [1.807, 2.05) is 10.8 Å². The number of rotatable bonds is 3. The largest absolute Gasteiger partial charge is 0.349 e. The van der Waals surface area contributed by atoms with Crippen molar-refractivity contribution in [3.8, 4) is 0 Å². The van der Waals surface area contributed by atoms with E-state index in [1.54, 1.807) is 17.8 Å². The van der Waals surface area contributed by atoms with Crippen LogP contribution in [0.25, 0.3) is 10.3 Å². The Kier molecular flexibility index (Phi) is 2.88. The van der Waals surface area contributed by atoms with Crippen molar-refractivity contribution in [1.82, 2.24) is 9.97 Å². The third-order valence-corrected chi connectivity index (χ3v) is 4.23. The third-order valence-electron chi connectivity index (χ3n) is 1.94. The molecule has 0 radical (unpaired) electrons. The maximum Gasteiger partial charge on any atom is 0.349 e. The highest BCUT2D eigenvalue weighted by Crippen LogP contribution is 2.22. The zero-order chi connectivity index (χ0) is 10.8. The molecule has 1 N–H and O–H groups in total. The molecule has 4 nitrogen and oxygen atoms in total. The summed E-state index contributed by atoms with van der Waals surface area (Å²) in [5.41, 5.74) is 0.649. The Bertz CT molecular complexity index is 558. The SMILES string of the molecule is C=CC[n+]1c(SC)sc2c(=O)[nH]cnc21. The van der Waals surface area contributed by atoms with Crippen molar-refractivity contribution in [2.24, 2.45) is 0 Å². The lowest BCUT2D eigenvalue weighted by Gasteiger charge is -1.93.